The molecule has 0 unspecified atom stereocenters. The van der Waals surface area contributed by atoms with Crippen LogP contribution in [0.2, 0.25) is 0 Å². The van der Waals surface area contributed by atoms with Crippen molar-refractivity contribution in [1.29, 1.82) is 0 Å². The van der Waals surface area contributed by atoms with Crippen molar-refractivity contribution in [2.75, 3.05) is 0 Å². The Kier molecular flexibility index (Phi) is 5.58. The van der Waals surface area contributed by atoms with Crippen LogP contribution in [0.3, 0.4) is 0 Å². The van der Waals surface area contributed by atoms with Gasteiger partial charge in [-0.25, -0.2) is 0 Å². The number of para-hydroxylation sites is 1. The van der Waals surface area contributed by atoms with Crippen molar-refractivity contribution in [3.63, 3.8) is 0 Å². The highest BCUT2D eigenvalue weighted by atomic mass is 16.5. The Morgan fingerprint density at radius 1 is 0.467 bits per heavy atom. The highest BCUT2D eigenvalue weighted by Crippen LogP contribution is 2.34. The van der Waals surface area contributed by atoms with Gasteiger partial charge in [-0.3, -0.25) is 0 Å². The second-order valence-electron chi connectivity index (χ2n) is 8.00. The predicted molar refractivity (Wildman–Crippen MR) is 123 cm³/mol. The van der Waals surface area contributed by atoms with Crippen molar-refractivity contribution in [2.45, 2.75) is 26.2 Å². The summed E-state index contributed by atoms with van der Waals surface area (Å²) in [6.45, 7) is 6.53. The van der Waals surface area contributed by atoms with Crippen LogP contribution in [0.15, 0.2) is 103 Å². The Balaban J connectivity index is 1.47. The summed E-state index contributed by atoms with van der Waals surface area (Å²) in [5.74, 6) is 3.36. The smallest absolute Gasteiger partial charge is 0.127 e. The Bertz CT molecular complexity index is 1080. The van der Waals surface area contributed by atoms with Gasteiger partial charge in [0.05, 0.1) is 0 Å². The molecule has 4 aromatic rings. The number of ether oxygens (including phenoxy) is 2. The van der Waals surface area contributed by atoms with Gasteiger partial charge in [0.15, 0.2) is 0 Å². The Morgan fingerprint density at radius 3 is 1.27 bits per heavy atom. The molecule has 0 bridgehead atoms. The summed E-state index contributed by atoms with van der Waals surface area (Å²) >= 11 is 0. The zero-order chi connectivity index (χ0) is 21.0. The normalized spacial score (nSPS) is 11.2. The second-order valence-corrected chi connectivity index (χ2v) is 8.00. The molecule has 0 aliphatic carbocycles. The third-order valence-electron chi connectivity index (χ3n) is 5.39. The molecule has 150 valence electrons. The maximum atomic E-state index is 5.96. The molecule has 0 aliphatic heterocycles. The van der Waals surface area contributed by atoms with Gasteiger partial charge in [-0.1, -0.05) is 74.0 Å². The quantitative estimate of drug-likeness (QED) is 0.331. The van der Waals surface area contributed by atoms with Crippen molar-refractivity contribution in [3.8, 4) is 23.0 Å². The first-order valence-electron chi connectivity index (χ1n) is 10.2. The van der Waals surface area contributed by atoms with Crippen LogP contribution in [0.4, 0.5) is 0 Å². The molecule has 0 radical (unpaired) electrons. The van der Waals surface area contributed by atoms with Gasteiger partial charge in [-0.15, -0.1) is 0 Å². The van der Waals surface area contributed by atoms with E-state index in [1.54, 1.807) is 0 Å². The molecule has 4 aromatic carbocycles. The lowest BCUT2D eigenvalue weighted by Gasteiger charge is -2.26. The average Bonchev–Trinajstić information content (AvgIpc) is 2.77. The van der Waals surface area contributed by atoms with Crippen LogP contribution in [0.25, 0.3) is 0 Å². The average molecular weight is 395 g/mol. The SMILES string of the molecule is Cc1ccc(Oc2ccc(C(C)(C)c3ccc(Oc4ccccc4)cc3)cc2)cc1. The van der Waals surface area contributed by atoms with E-state index >= 15 is 0 Å². The van der Waals surface area contributed by atoms with Crippen LogP contribution < -0.4 is 9.47 Å². The monoisotopic (exact) mass is 394 g/mol. The molecule has 0 aromatic heterocycles. The first-order valence-corrected chi connectivity index (χ1v) is 10.2. The summed E-state index contributed by atoms with van der Waals surface area (Å²) in [4.78, 5) is 0. The molecule has 0 heterocycles. The number of benzene rings is 4. The molecule has 30 heavy (non-hydrogen) atoms. The van der Waals surface area contributed by atoms with E-state index in [4.69, 9.17) is 9.47 Å². The molecule has 2 nitrogen and oxygen atoms in total. The van der Waals surface area contributed by atoms with E-state index in [2.05, 4.69) is 57.2 Å². The lowest BCUT2D eigenvalue weighted by molar-refractivity contribution is 0.481. The third kappa shape index (κ3) is 4.55. The van der Waals surface area contributed by atoms with E-state index in [1.165, 1.54) is 16.7 Å². The Hall–Kier alpha value is -3.52. The maximum absolute atomic E-state index is 5.96. The fraction of sp³-hybridized carbons (Fsp3) is 0.143. The highest BCUT2D eigenvalue weighted by Gasteiger charge is 2.23. The maximum Gasteiger partial charge on any atom is 0.127 e. The van der Waals surface area contributed by atoms with Crippen molar-refractivity contribution in [3.05, 3.63) is 120 Å². The van der Waals surface area contributed by atoms with Gasteiger partial charge in [0.1, 0.15) is 23.0 Å². The summed E-state index contributed by atoms with van der Waals surface area (Å²) in [5, 5.41) is 0. The molecule has 0 N–H and O–H groups in total. The zero-order valence-electron chi connectivity index (χ0n) is 17.6. The summed E-state index contributed by atoms with van der Waals surface area (Å²) in [7, 11) is 0. The Morgan fingerprint density at radius 2 is 0.833 bits per heavy atom. The minimum atomic E-state index is -0.131. The van der Waals surface area contributed by atoms with Crippen LogP contribution in [0.1, 0.15) is 30.5 Å². The number of aryl methyl sites for hydroxylation is 1. The van der Waals surface area contributed by atoms with E-state index < -0.39 is 0 Å². The van der Waals surface area contributed by atoms with Gasteiger partial charge >= 0.3 is 0 Å². The largest absolute Gasteiger partial charge is 0.457 e. The predicted octanol–water partition coefficient (Wildman–Crippen LogP) is 7.91. The van der Waals surface area contributed by atoms with E-state index in [9.17, 15) is 0 Å². The van der Waals surface area contributed by atoms with Crippen LogP contribution in [-0.2, 0) is 5.41 Å². The molecule has 0 saturated heterocycles. The van der Waals surface area contributed by atoms with Crippen LogP contribution in [0.5, 0.6) is 23.0 Å². The number of hydrogen-bond donors (Lipinski definition) is 0. The third-order valence-corrected chi connectivity index (χ3v) is 5.39. The molecule has 0 amide bonds. The van der Waals surface area contributed by atoms with Gasteiger partial charge < -0.3 is 9.47 Å². The van der Waals surface area contributed by atoms with Gasteiger partial charge in [0.2, 0.25) is 0 Å². The molecule has 0 saturated carbocycles. The standard InChI is InChI=1S/C28H26O2/c1-21-9-15-25(16-10-21)30-27-19-13-23(14-20-27)28(2,3)22-11-17-26(18-12-22)29-24-7-5-4-6-8-24/h4-20H,1-3H3. The lowest BCUT2D eigenvalue weighted by Crippen LogP contribution is -2.18. The topological polar surface area (TPSA) is 18.5 Å². The minimum absolute atomic E-state index is 0.131. The summed E-state index contributed by atoms with van der Waals surface area (Å²) in [5.41, 5.74) is 3.55. The molecule has 0 spiro atoms. The fourth-order valence-electron chi connectivity index (χ4n) is 3.41. The summed E-state index contributed by atoms with van der Waals surface area (Å²) in [6.07, 6.45) is 0. The number of rotatable bonds is 6. The summed E-state index contributed by atoms with van der Waals surface area (Å²) < 4.78 is 11.9. The fourth-order valence-corrected chi connectivity index (χ4v) is 3.41. The van der Waals surface area contributed by atoms with Crippen molar-refractivity contribution >= 4 is 0 Å². The first-order chi connectivity index (χ1) is 14.5. The lowest BCUT2D eigenvalue weighted by atomic mass is 9.78. The van der Waals surface area contributed by atoms with Gasteiger partial charge in [-0.2, -0.15) is 0 Å². The van der Waals surface area contributed by atoms with E-state index in [0.29, 0.717) is 0 Å². The molecule has 0 fully saturated rings. The van der Waals surface area contributed by atoms with E-state index in [1.807, 2.05) is 66.7 Å². The van der Waals surface area contributed by atoms with Crippen LogP contribution >= 0.6 is 0 Å². The molecule has 0 aliphatic rings. The highest BCUT2D eigenvalue weighted by molar-refractivity contribution is 5.43. The molecular weight excluding hydrogens is 368 g/mol. The zero-order valence-corrected chi connectivity index (χ0v) is 17.6. The molecule has 0 atom stereocenters. The van der Waals surface area contributed by atoms with Gasteiger partial charge in [-0.05, 0) is 66.6 Å². The van der Waals surface area contributed by atoms with Gasteiger partial charge in [0, 0.05) is 5.41 Å². The van der Waals surface area contributed by atoms with E-state index in [-0.39, 0.29) is 5.41 Å². The molecule has 4 rings (SSSR count). The molecule has 2 heteroatoms. The van der Waals surface area contributed by atoms with Crippen molar-refractivity contribution < 1.29 is 9.47 Å². The number of hydrogen-bond acceptors (Lipinski definition) is 2. The summed E-state index contributed by atoms with van der Waals surface area (Å²) in [6, 6.07) is 34.6. The van der Waals surface area contributed by atoms with Crippen molar-refractivity contribution in [1.82, 2.24) is 0 Å². The van der Waals surface area contributed by atoms with Crippen LogP contribution in [0, 0.1) is 6.92 Å². The Labute approximate surface area is 178 Å². The van der Waals surface area contributed by atoms with Gasteiger partial charge in [0.25, 0.3) is 0 Å². The minimum Gasteiger partial charge on any atom is -0.457 e. The first kappa shape index (κ1) is 19.8. The van der Waals surface area contributed by atoms with Crippen LogP contribution in [-0.4, -0.2) is 0 Å². The van der Waals surface area contributed by atoms with E-state index in [0.717, 1.165) is 23.0 Å². The molecular formula is C28H26O2. The van der Waals surface area contributed by atoms with Crippen molar-refractivity contribution in [2.24, 2.45) is 0 Å². The second kappa shape index (κ2) is 8.46.